The fourth-order valence-electron chi connectivity index (χ4n) is 2.91. The molecule has 8 N–H and O–H groups in total. The second kappa shape index (κ2) is 10.6. The third-order valence-corrected chi connectivity index (χ3v) is 4.95. The van der Waals surface area contributed by atoms with Crippen LogP contribution < -0.4 is 22.1 Å². The topological polar surface area (TPSA) is 180 Å². The number of thiol groups is 1. The first-order valence-corrected chi connectivity index (χ1v) is 9.89. The third kappa shape index (κ3) is 6.22. The highest BCUT2D eigenvalue weighted by Gasteiger charge is 2.28. The van der Waals surface area contributed by atoms with Gasteiger partial charge in [0.15, 0.2) is 0 Å². The number of carbonyl (C=O) groups excluding carboxylic acids is 3. The fraction of sp³-hybridized carbons (Fsp3) is 0.368. The number of carboxylic acid groups (broad SMARTS) is 1. The van der Waals surface area contributed by atoms with Crippen molar-refractivity contribution in [3.8, 4) is 0 Å². The number of aromatic nitrogens is 1. The normalized spacial score (nSPS) is 13.9. The van der Waals surface area contributed by atoms with Gasteiger partial charge in [-0.3, -0.25) is 14.4 Å². The van der Waals surface area contributed by atoms with E-state index in [0.717, 1.165) is 16.5 Å². The van der Waals surface area contributed by atoms with Crippen LogP contribution in [0.3, 0.4) is 0 Å². The molecule has 11 heteroatoms. The zero-order valence-electron chi connectivity index (χ0n) is 16.1. The summed E-state index contributed by atoms with van der Waals surface area (Å²) in [6.45, 7) is 0. The van der Waals surface area contributed by atoms with Crippen molar-refractivity contribution >= 4 is 47.2 Å². The van der Waals surface area contributed by atoms with Gasteiger partial charge in [0, 0.05) is 35.7 Å². The van der Waals surface area contributed by atoms with E-state index < -0.39 is 41.8 Å². The van der Waals surface area contributed by atoms with Crippen LogP contribution >= 0.6 is 12.6 Å². The summed E-state index contributed by atoms with van der Waals surface area (Å²) >= 11 is 3.98. The second-order valence-corrected chi connectivity index (χ2v) is 7.18. The van der Waals surface area contributed by atoms with Crippen molar-refractivity contribution in [2.75, 3.05) is 5.75 Å². The van der Waals surface area contributed by atoms with Gasteiger partial charge in [0.1, 0.15) is 12.1 Å². The Morgan fingerprint density at radius 2 is 1.77 bits per heavy atom. The van der Waals surface area contributed by atoms with E-state index in [1.807, 2.05) is 24.3 Å². The molecule has 1 heterocycles. The molecular formula is C19H25N5O5S. The molecule has 0 saturated carbocycles. The van der Waals surface area contributed by atoms with E-state index in [4.69, 9.17) is 11.5 Å². The number of hydrogen-bond donors (Lipinski definition) is 7. The molecule has 0 spiro atoms. The Kier molecular flexibility index (Phi) is 8.25. The summed E-state index contributed by atoms with van der Waals surface area (Å²) in [6, 6.07) is 4.09. The van der Waals surface area contributed by atoms with Crippen LogP contribution in [0.25, 0.3) is 10.9 Å². The Bertz CT molecular complexity index is 931. The number of nitrogens with one attached hydrogen (secondary N) is 3. The lowest BCUT2D eigenvalue weighted by molar-refractivity contribution is -0.142. The number of para-hydroxylation sites is 1. The van der Waals surface area contributed by atoms with Gasteiger partial charge in [0.2, 0.25) is 17.7 Å². The maximum Gasteiger partial charge on any atom is 0.326 e. The van der Waals surface area contributed by atoms with Crippen LogP contribution in [-0.4, -0.2) is 57.7 Å². The molecule has 2 rings (SSSR count). The van der Waals surface area contributed by atoms with Crippen LogP contribution in [0.15, 0.2) is 30.5 Å². The van der Waals surface area contributed by atoms with Crippen molar-refractivity contribution in [3.63, 3.8) is 0 Å². The van der Waals surface area contributed by atoms with Crippen molar-refractivity contribution in [2.24, 2.45) is 11.5 Å². The molecular weight excluding hydrogens is 410 g/mol. The van der Waals surface area contributed by atoms with Gasteiger partial charge in [-0.25, -0.2) is 4.79 Å². The molecule has 2 aromatic rings. The average molecular weight is 436 g/mol. The zero-order valence-corrected chi connectivity index (χ0v) is 17.0. The molecule has 0 bridgehead atoms. The maximum atomic E-state index is 12.8. The second-order valence-electron chi connectivity index (χ2n) is 6.82. The molecule has 0 aliphatic carbocycles. The molecule has 1 aromatic carbocycles. The summed E-state index contributed by atoms with van der Waals surface area (Å²) in [5, 5.41) is 15.1. The highest BCUT2D eigenvalue weighted by Crippen LogP contribution is 2.19. The summed E-state index contributed by atoms with van der Waals surface area (Å²) in [5.41, 5.74) is 12.4. The Morgan fingerprint density at radius 3 is 2.40 bits per heavy atom. The number of nitrogens with two attached hydrogens (primary N) is 2. The molecule has 0 radical (unpaired) electrons. The molecule has 10 nitrogen and oxygen atoms in total. The number of fused-ring (bicyclic) bond motifs is 1. The first-order valence-electron chi connectivity index (χ1n) is 9.26. The number of carboxylic acids is 1. The third-order valence-electron chi connectivity index (χ3n) is 4.56. The Balaban J connectivity index is 2.23. The monoisotopic (exact) mass is 435 g/mol. The van der Waals surface area contributed by atoms with Crippen LogP contribution in [0.4, 0.5) is 0 Å². The Labute approximate surface area is 178 Å². The van der Waals surface area contributed by atoms with E-state index in [0.29, 0.717) is 0 Å². The first kappa shape index (κ1) is 23.2. The van der Waals surface area contributed by atoms with Crippen LogP contribution in [-0.2, 0) is 25.6 Å². The average Bonchev–Trinajstić information content (AvgIpc) is 3.12. The van der Waals surface area contributed by atoms with E-state index in [9.17, 15) is 24.3 Å². The molecule has 30 heavy (non-hydrogen) atoms. The number of aliphatic carboxylic acids is 1. The minimum atomic E-state index is -1.33. The van der Waals surface area contributed by atoms with Crippen LogP contribution in [0.5, 0.6) is 0 Å². The summed E-state index contributed by atoms with van der Waals surface area (Å²) < 4.78 is 0. The number of carbonyl (C=O) groups is 4. The molecule has 162 valence electrons. The number of aromatic amines is 1. The number of primary amides is 1. The molecule has 0 fully saturated rings. The molecule has 0 aliphatic rings. The number of amides is 3. The van der Waals surface area contributed by atoms with E-state index in [1.165, 1.54) is 0 Å². The van der Waals surface area contributed by atoms with Crippen molar-refractivity contribution in [2.45, 2.75) is 37.4 Å². The highest BCUT2D eigenvalue weighted by atomic mass is 32.1. The molecule has 0 saturated heterocycles. The predicted octanol–water partition coefficient (Wildman–Crippen LogP) is -0.713. The van der Waals surface area contributed by atoms with Gasteiger partial charge in [0.25, 0.3) is 0 Å². The van der Waals surface area contributed by atoms with Gasteiger partial charge in [-0.1, -0.05) is 18.2 Å². The zero-order chi connectivity index (χ0) is 22.3. The lowest BCUT2D eigenvalue weighted by atomic mass is 10.0. The van der Waals surface area contributed by atoms with Gasteiger partial charge in [0.05, 0.1) is 6.04 Å². The van der Waals surface area contributed by atoms with Gasteiger partial charge in [-0.2, -0.15) is 12.6 Å². The van der Waals surface area contributed by atoms with E-state index in [1.54, 1.807) is 6.20 Å². The van der Waals surface area contributed by atoms with Crippen LogP contribution in [0.1, 0.15) is 18.4 Å². The Hall–Kier alpha value is -3.05. The van der Waals surface area contributed by atoms with Gasteiger partial charge in [-0.05, 0) is 18.1 Å². The molecule has 3 atom stereocenters. The molecule has 0 unspecified atom stereocenters. The smallest absolute Gasteiger partial charge is 0.326 e. The number of rotatable bonds is 11. The standard InChI is InChI=1S/C19H25N5O5S/c20-12(9-30)17(26)24-15(7-10-8-22-13-4-2-1-3-11(10)13)18(27)23-14(19(28)29)5-6-16(21)25/h1-4,8,12,14-15,22,30H,5-7,9,20H2,(H2,21,25)(H,23,27)(H,24,26)(H,28,29)/t12-,14-,15-/m0/s1. The van der Waals surface area contributed by atoms with Gasteiger partial charge in [-0.15, -0.1) is 0 Å². The summed E-state index contributed by atoms with van der Waals surface area (Å²) in [4.78, 5) is 50.6. The minimum Gasteiger partial charge on any atom is -0.480 e. The summed E-state index contributed by atoms with van der Waals surface area (Å²) in [6.07, 6.45) is 1.45. The lowest BCUT2D eigenvalue weighted by Crippen LogP contribution is -2.55. The SMILES string of the molecule is NC(=O)CC[C@H](NC(=O)[C@H](Cc1c[nH]c2ccccc12)NC(=O)[C@@H](N)CS)C(=O)O. The number of benzene rings is 1. The minimum absolute atomic E-state index is 0.0730. The number of hydrogen-bond acceptors (Lipinski definition) is 6. The fourth-order valence-corrected chi connectivity index (χ4v) is 3.07. The van der Waals surface area contributed by atoms with Gasteiger partial charge >= 0.3 is 5.97 Å². The first-order chi connectivity index (χ1) is 14.2. The van der Waals surface area contributed by atoms with Crippen molar-refractivity contribution in [1.29, 1.82) is 0 Å². The van der Waals surface area contributed by atoms with Crippen LogP contribution in [0.2, 0.25) is 0 Å². The maximum absolute atomic E-state index is 12.8. The Morgan fingerprint density at radius 1 is 1.10 bits per heavy atom. The van der Waals surface area contributed by atoms with Crippen molar-refractivity contribution in [3.05, 3.63) is 36.0 Å². The van der Waals surface area contributed by atoms with Crippen molar-refractivity contribution in [1.82, 2.24) is 15.6 Å². The quantitative estimate of drug-likeness (QED) is 0.229. The molecule has 3 amide bonds. The summed E-state index contributed by atoms with van der Waals surface area (Å²) in [7, 11) is 0. The van der Waals surface area contributed by atoms with E-state index >= 15 is 0 Å². The lowest BCUT2D eigenvalue weighted by Gasteiger charge is -2.22. The summed E-state index contributed by atoms with van der Waals surface area (Å²) in [5.74, 6) is -3.22. The number of H-pyrrole nitrogens is 1. The van der Waals surface area contributed by atoms with E-state index in [2.05, 4.69) is 28.2 Å². The van der Waals surface area contributed by atoms with Crippen molar-refractivity contribution < 1.29 is 24.3 Å². The molecule has 1 aromatic heterocycles. The van der Waals surface area contributed by atoms with Crippen LogP contribution in [0, 0.1) is 0 Å². The largest absolute Gasteiger partial charge is 0.480 e. The van der Waals surface area contributed by atoms with E-state index in [-0.39, 0.29) is 25.0 Å². The molecule has 0 aliphatic heterocycles. The highest BCUT2D eigenvalue weighted by molar-refractivity contribution is 7.80. The van der Waals surface area contributed by atoms with Gasteiger partial charge < -0.3 is 32.2 Å². The predicted molar refractivity (Wildman–Crippen MR) is 114 cm³/mol.